The van der Waals surface area contributed by atoms with E-state index in [1.807, 2.05) is 84.5 Å². The first-order valence-corrected chi connectivity index (χ1v) is 10.9. The van der Waals surface area contributed by atoms with Crippen LogP contribution in [0.5, 0.6) is 0 Å². The number of guanidine groups is 1. The van der Waals surface area contributed by atoms with Crippen molar-refractivity contribution in [3.8, 4) is 5.82 Å². The van der Waals surface area contributed by atoms with Gasteiger partial charge in [0.15, 0.2) is 11.8 Å². The number of hydrogen-bond donors (Lipinski definition) is 3. The second-order valence-electron chi connectivity index (χ2n) is 9.42. The van der Waals surface area contributed by atoms with Crippen LogP contribution in [0.4, 0.5) is 4.79 Å². The Hall–Kier alpha value is -2.37. The van der Waals surface area contributed by atoms with Crippen LogP contribution < -0.4 is 16.0 Å². The third kappa shape index (κ3) is 9.97. The van der Waals surface area contributed by atoms with Crippen molar-refractivity contribution in [2.24, 2.45) is 4.99 Å². The predicted molar refractivity (Wildman–Crippen MR) is 143 cm³/mol. The largest absolute Gasteiger partial charge is 0.444 e. The average molecular weight is 572 g/mol. The van der Waals surface area contributed by atoms with Crippen molar-refractivity contribution in [3.63, 3.8) is 0 Å². The average Bonchev–Trinajstić information content (AvgIpc) is 3.00. The molecular weight excluding hydrogens is 533 g/mol. The predicted octanol–water partition coefficient (Wildman–Crippen LogP) is 3.86. The molecule has 184 valence electrons. The van der Waals surface area contributed by atoms with E-state index in [-0.39, 0.29) is 24.0 Å². The topological polar surface area (TPSA) is 105 Å². The Morgan fingerprint density at radius 2 is 1.85 bits per heavy atom. The fourth-order valence-corrected chi connectivity index (χ4v) is 2.94. The van der Waals surface area contributed by atoms with E-state index < -0.39 is 17.2 Å². The molecule has 2 aromatic rings. The van der Waals surface area contributed by atoms with Crippen LogP contribution in [0.1, 0.15) is 58.5 Å². The monoisotopic (exact) mass is 571 g/mol. The molecule has 0 saturated carbocycles. The Labute approximate surface area is 214 Å². The van der Waals surface area contributed by atoms with Gasteiger partial charge in [0, 0.05) is 25.0 Å². The zero-order valence-corrected chi connectivity index (χ0v) is 23.3. The van der Waals surface area contributed by atoms with Gasteiger partial charge in [-0.05, 0) is 73.1 Å². The Morgan fingerprint density at radius 1 is 1.15 bits per heavy atom. The number of aromatic nitrogens is 3. The number of rotatable bonds is 7. The van der Waals surface area contributed by atoms with E-state index in [1.165, 1.54) is 0 Å². The molecule has 0 fully saturated rings. The summed E-state index contributed by atoms with van der Waals surface area (Å²) in [4.78, 5) is 21.2. The van der Waals surface area contributed by atoms with Gasteiger partial charge in [-0.25, -0.2) is 19.5 Å². The summed E-state index contributed by atoms with van der Waals surface area (Å²) in [6.07, 6.45) is 1.37. The van der Waals surface area contributed by atoms with Crippen LogP contribution in [-0.2, 0) is 11.3 Å². The first-order valence-electron chi connectivity index (χ1n) is 10.9. The van der Waals surface area contributed by atoms with Gasteiger partial charge in [0.25, 0.3) is 0 Å². The lowest BCUT2D eigenvalue weighted by Gasteiger charge is -2.29. The number of aryl methyl sites for hydroxylation is 2. The first kappa shape index (κ1) is 28.7. The SMILES string of the molecule is CCNC(=NCc1ccc(-n2nc(C)cc2C)nc1)NCC(C)(C)NC(=O)OC(C)(C)C.I. The highest BCUT2D eigenvalue weighted by Crippen LogP contribution is 2.11. The smallest absolute Gasteiger partial charge is 0.408 e. The van der Waals surface area contributed by atoms with Gasteiger partial charge in [-0.1, -0.05) is 6.07 Å². The molecule has 2 rings (SSSR count). The number of nitrogens with zero attached hydrogens (tertiary/aromatic N) is 4. The minimum atomic E-state index is -0.539. The lowest BCUT2D eigenvalue weighted by Crippen LogP contribution is -2.54. The minimum Gasteiger partial charge on any atom is -0.444 e. The molecule has 2 heterocycles. The molecule has 33 heavy (non-hydrogen) atoms. The lowest BCUT2D eigenvalue weighted by molar-refractivity contribution is 0.0474. The molecule has 0 saturated heterocycles. The van der Waals surface area contributed by atoms with E-state index >= 15 is 0 Å². The van der Waals surface area contributed by atoms with Crippen molar-refractivity contribution in [1.82, 2.24) is 30.7 Å². The van der Waals surface area contributed by atoms with Crippen LogP contribution in [0.15, 0.2) is 29.4 Å². The van der Waals surface area contributed by atoms with Gasteiger partial charge in [-0.15, -0.1) is 24.0 Å². The maximum atomic E-state index is 12.1. The fraction of sp³-hybridized carbons (Fsp3) is 0.565. The van der Waals surface area contributed by atoms with Gasteiger partial charge in [0.2, 0.25) is 0 Å². The van der Waals surface area contributed by atoms with Crippen LogP contribution in [-0.4, -0.2) is 51.0 Å². The van der Waals surface area contributed by atoms with Crippen LogP contribution in [0.2, 0.25) is 0 Å². The number of carbonyl (C=O) groups is 1. The highest BCUT2D eigenvalue weighted by atomic mass is 127. The first-order chi connectivity index (χ1) is 14.9. The molecule has 2 aromatic heterocycles. The van der Waals surface area contributed by atoms with E-state index in [0.717, 1.165) is 29.3 Å². The zero-order valence-electron chi connectivity index (χ0n) is 20.9. The lowest BCUT2D eigenvalue weighted by atomic mass is 10.1. The van der Waals surface area contributed by atoms with Crippen molar-refractivity contribution < 1.29 is 9.53 Å². The third-order valence-corrected chi connectivity index (χ3v) is 4.34. The molecule has 0 aromatic carbocycles. The number of alkyl carbamates (subject to hydrolysis) is 1. The Balaban J connectivity index is 0.00000544. The van der Waals surface area contributed by atoms with Crippen molar-refractivity contribution in [3.05, 3.63) is 41.3 Å². The third-order valence-electron chi connectivity index (χ3n) is 4.34. The standard InChI is InChI=1S/C23H37N7O2.HI/c1-9-24-20(27-15-23(7,8)28-21(31)32-22(4,5)6)26-14-18-10-11-19(25-13-18)30-17(3)12-16(2)29-30;/h10-13H,9,14-15H2,1-8H3,(H,28,31)(H2,24,26,27);1H. The molecular formula is C23H38IN7O2. The molecule has 0 spiro atoms. The van der Waals surface area contributed by atoms with E-state index in [4.69, 9.17) is 4.74 Å². The maximum Gasteiger partial charge on any atom is 0.408 e. The van der Waals surface area contributed by atoms with Crippen LogP contribution >= 0.6 is 24.0 Å². The Kier molecular flexibility index (Phi) is 10.6. The van der Waals surface area contributed by atoms with E-state index in [2.05, 4.69) is 31.0 Å². The number of aliphatic imine (C=N–C) groups is 1. The highest BCUT2D eigenvalue weighted by molar-refractivity contribution is 14.0. The van der Waals surface area contributed by atoms with Gasteiger partial charge in [0.05, 0.1) is 17.8 Å². The van der Waals surface area contributed by atoms with Gasteiger partial charge < -0.3 is 20.7 Å². The summed E-state index contributed by atoms with van der Waals surface area (Å²) in [6, 6.07) is 5.96. The van der Waals surface area contributed by atoms with Crippen LogP contribution in [0.3, 0.4) is 0 Å². The normalized spacial score (nSPS) is 12.1. The summed E-state index contributed by atoms with van der Waals surface area (Å²) in [5, 5.41) is 13.9. The number of halogens is 1. The second-order valence-corrected chi connectivity index (χ2v) is 9.42. The molecule has 0 atom stereocenters. The number of ether oxygens (including phenoxy) is 1. The molecule has 1 amide bonds. The molecule has 0 aliphatic heterocycles. The van der Waals surface area contributed by atoms with Crippen molar-refractivity contribution in [1.29, 1.82) is 0 Å². The fourth-order valence-electron chi connectivity index (χ4n) is 2.94. The van der Waals surface area contributed by atoms with E-state index in [1.54, 1.807) is 0 Å². The van der Waals surface area contributed by atoms with Crippen molar-refractivity contribution >= 4 is 36.0 Å². The number of amides is 1. The highest BCUT2D eigenvalue weighted by Gasteiger charge is 2.24. The van der Waals surface area contributed by atoms with Gasteiger partial charge >= 0.3 is 6.09 Å². The molecule has 0 unspecified atom stereocenters. The van der Waals surface area contributed by atoms with Gasteiger partial charge in [-0.2, -0.15) is 5.10 Å². The summed E-state index contributed by atoms with van der Waals surface area (Å²) in [5.41, 5.74) is 1.92. The molecule has 3 N–H and O–H groups in total. The molecule has 0 radical (unpaired) electrons. The number of carbonyl (C=O) groups excluding carboxylic acids is 1. The zero-order chi connectivity index (χ0) is 23.9. The molecule has 0 aliphatic carbocycles. The minimum absolute atomic E-state index is 0. The van der Waals surface area contributed by atoms with E-state index in [0.29, 0.717) is 19.0 Å². The summed E-state index contributed by atoms with van der Waals surface area (Å²) in [6.45, 7) is 17.0. The van der Waals surface area contributed by atoms with Crippen molar-refractivity contribution in [2.75, 3.05) is 13.1 Å². The van der Waals surface area contributed by atoms with Gasteiger partial charge in [0.1, 0.15) is 5.60 Å². The van der Waals surface area contributed by atoms with E-state index in [9.17, 15) is 4.79 Å². The number of nitrogens with one attached hydrogen (secondary N) is 3. The summed E-state index contributed by atoms with van der Waals surface area (Å²) in [5.74, 6) is 1.44. The number of pyridine rings is 1. The molecule has 0 bridgehead atoms. The van der Waals surface area contributed by atoms with Crippen LogP contribution in [0.25, 0.3) is 5.82 Å². The summed E-state index contributed by atoms with van der Waals surface area (Å²) < 4.78 is 7.17. The summed E-state index contributed by atoms with van der Waals surface area (Å²) >= 11 is 0. The molecule has 0 aliphatic rings. The summed E-state index contributed by atoms with van der Waals surface area (Å²) in [7, 11) is 0. The van der Waals surface area contributed by atoms with Crippen molar-refractivity contribution in [2.45, 2.75) is 73.1 Å². The van der Waals surface area contributed by atoms with Gasteiger partial charge in [-0.3, -0.25) is 0 Å². The number of hydrogen-bond acceptors (Lipinski definition) is 5. The quantitative estimate of drug-likeness (QED) is 0.265. The maximum absolute atomic E-state index is 12.1. The Morgan fingerprint density at radius 3 is 2.36 bits per heavy atom. The van der Waals surface area contributed by atoms with Crippen LogP contribution in [0, 0.1) is 13.8 Å². The Bertz CT molecular complexity index is 931. The second kappa shape index (κ2) is 12.2. The molecule has 9 nitrogen and oxygen atoms in total. The molecule has 10 heteroatoms.